The first kappa shape index (κ1) is 20.1. The van der Waals surface area contributed by atoms with Gasteiger partial charge in [-0.2, -0.15) is 0 Å². The number of halogens is 3. The van der Waals surface area contributed by atoms with Crippen LogP contribution in [-0.2, 0) is 15.6 Å². The van der Waals surface area contributed by atoms with Crippen molar-refractivity contribution in [2.75, 3.05) is 7.11 Å². The third-order valence-corrected chi connectivity index (χ3v) is 2.64. The lowest BCUT2D eigenvalue weighted by molar-refractivity contribution is -0.0600. The minimum Gasteiger partial charge on any atom is -0.431 e. The molecule has 0 N–H and O–H groups in total. The Hall–Kier alpha value is -0.853. The summed E-state index contributed by atoms with van der Waals surface area (Å²) < 4.78 is 49.3. The van der Waals surface area contributed by atoms with Gasteiger partial charge in [0.25, 0.3) is 0 Å². The van der Waals surface area contributed by atoms with E-state index < -0.39 is 23.1 Å². The van der Waals surface area contributed by atoms with Gasteiger partial charge < -0.3 is 9.16 Å². The van der Waals surface area contributed by atoms with E-state index in [1.807, 2.05) is 27.7 Å². The predicted octanol–water partition coefficient (Wildman–Crippen LogP) is 3.15. The summed E-state index contributed by atoms with van der Waals surface area (Å²) in [6, 6.07) is 1.50. The fraction of sp³-hybridized carbons (Fsp3) is 0.600. The molecule has 0 radical (unpaired) electrons. The SMILES string of the molecule is CC(C)OC(C)(C)CCc1cc(F)c(F)cc1F.CO[SiH3]. The maximum absolute atomic E-state index is 13.4. The molecule has 0 aliphatic rings. The van der Waals surface area contributed by atoms with Crippen LogP contribution in [0, 0.1) is 17.5 Å². The molecule has 0 spiro atoms. The zero-order chi connectivity index (χ0) is 16.6. The van der Waals surface area contributed by atoms with Gasteiger partial charge >= 0.3 is 0 Å². The van der Waals surface area contributed by atoms with Crippen LogP contribution in [0.15, 0.2) is 12.1 Å². The zero-order valence-corrected chi connectivity index (χ0v) is 15.6. The molecular weight excluding hydrogens is 297 g/mol. The number of benzene rings is 1. The standard InChI is InChI=1S/C14H19F3O.CH6OSi/c1-9(2)18-14(3,4)6-5-10-7-12(16)13(17)8-11(10)15;1-2-3/h7-9H,5-6H2,1-4H3;1,3H3. The van der Waals surface area contributed by atoms with Gasteiger partial charge in [-0.1, -0.05) is 0 Å². The summed E-state index contributed by atoms with van der Waals surface area (Å²) >= 11 is 0. The maximum Gasteiger partial charge on any atom is 0.161 e. The zero-order valence-electron chi connectivity index (χ0n) is 13.6. The highest BCUT2D eigenvalue weighted by atomic mass is 28.2. The van der Waals surface area contributed by atoms with Crippen LogP contribution in [0.3, 0.4) is 0 Å². The molecule has 0 aromatic heterocycles. The van der Waals surface area contributed by atoms with Crippen molar-refractivity contribution in [3.8, 4) is 0 Å². The van der Waals surface area contributed by atoms with Crippen molar-refractivity contribution in [3.63, 3.8) is 0 Å². The second kappa shape index (κ2) is 9.22. The van der Waals surface area contributed by atoms with Crippen LogP contribution < -0.4 is 0 Å². The molecule has 0 unspecified atom stereocenters. The van der Waals surface area contributed by atoms with Crippen molar-refractivity contribution >= 4 is 10.5 Å². The van der Waals surface area contributed by atoms with Crippen molar-refractivity contribution in [1.29, 1.82) is 0 Å². The van der Waals surface area contributed by atoms with Crippen molar-refractivity contribution in [2.24, 2.45) is 0 Å². The van der Waals surface area contributed by atoms with Crippen LogP contribution >= 0.6 is 0 Å². The van der Waals surface area contributed by atoms with Gasteiger partial charge in [0.2, 0.25) is 0 Å². The van der Waals surface area contributed by atoms with Crippen molar-refractivity contribution in [3.05, 3.63) is 35.1 Å². The summed E-state index contributed by atoms with van der Waals surface area (Å²) in [4.78, 5) is 0. The van der Waals surface area contributed by atoms with E-state index >= 15 is 0 Å². The Morgan fingerprint density at radius 3 is 2.05 bits per heavy atom. The van der Waals surface area contributed by atoms with Crippen molar-refractivity contribution < 1.29 is 22.3 Å². The van der Waals surface area contributed by atoms with E-state index in [2.05, 4.69) is 4.43 Å². The van der Waals surface area contributed by atoms with Gasteiger partial charge in [0.05, 0.1) is 11.7 Å². The Bertz CT molecular complexity index is 437. The second-order valence-corrected chi connectivity index (χ2v) is 6.51. The largest absolute Gasteiger partial charge is 0.431 e. The topological polar surface area (TPSA) is 18.5 Å². The molecule has 1 rings (SSSR count). The van der Waals surface area contributed by atoms with Gasteiger partial charge in [-0.15, -0.1) is 0 Å². The molecule has 0 saturated heterocycles. The molecule has 0 heterocycles. The molecular formula is C15H25F3O2Si. The highest BCUT2D eigenvalue weighted by Gasteiger charge is 2.21. The molecule has 1 aromatic carbocycles. The first-order valence-corrected chi connectivity index (χ1v) is 7.66. The van der Waals surface area contributed by atoms with E-state index in [1.54, 1.807) is 7.11 Å². The summed E-state index contributed by atoms with van der Waals surface area (Å²) in [6.45, 7) is 7.62. The summed E-state index contributed by atoms with van der Waals surface area (Å²) in [7, 11) is 2.56. The summed E-state index contributed by atoms with van der Waals surface area (Å²) in [5.41, 5.74) is -0.250. The van der Waals surface area contributed by atoms with Gasteiger partial charge in [-0.3, -0.25) is 0 Å². The minimum atomic E-state index is -1.16. The Balaban J connectivity index is 0.00000122. The average Bonchev–Trinajstić information content (AvgIpc) is 2.31. The quantitative estimate of drug-likeness (QED) is 0.612. The third kappa shape index (κ3) is 8.23. The van der Waals surface area contributed by atoms with E-state index in [9.17, 15) is 13.2 Å². The van der Waals surface area contributed by atoms with Gasteiger partial charge in [-0.25, -0.2) is 13.2 Å². The van der Waals surface area contributed by atoms with E-state index in [0.717, 1.165) is 16.6 Å². The summed E-state index contributed by atoms with van der Waals surface area (Å²) in [6.07, 6.45) is 0.908. The first-order valence-electron chi connectivity index (χ1n) is 6.84. The highest BCUT2D eigenvalue weighted by Crippen LogP contribution is 2.22. The molecule has 0 bridgehead atoms. The summed E-state index contributed by atoms with van der Waals surface area (Å²) in [5, 5.41) is 0. The van der Waals surface area contributed by atoms with Crippen LogP contribution in [0.4, 0.5) is 13.2 Å². The van der Waals surface area contributed by atoms with Crippen LogP contribution in [0.5, 0.6) is 0 Å². The molecule has 0 fully saturated rings. The molecule has 0 amide bonds. The second-order valence-electron chi connectivity index (χ2n) is 5.69. The molecule has 0 aliphatic carbocycles. The molecule has 6 heteroatoms. The van der Waals surface area contributed by atoms with Crippen LogP contribution in [0.2, 0.25) is 0 Å². The van der Waals surface area contributed by atoms with E-state index in [4.69, 9.17) is 4.74 Å². The number of ether oxygens (including phenoxy) is 1. The van der Waals surface area contributed by atoms with E-state index in [0.29, 0.717) is 18.9 Å². The Morgan fingerprint density at radius 2 is 1.57 bits per heavy atom. The third-order valence-electron chi connectivity index (χ3n) is 2.64. The normalized spacial score (nSPS) is 11.5. The molecule has 21 heavy (non-hydrogen) atoms. The van der Waals surface area contributed by atoms with E-state index in [-0.39, 0.29) is 11.7 Å². The predicted molar refractivity (Wildman–Crippen MR) is 81.9 cm³/mol. The average molecular weight is 322 g/mol. The van der Waals surface area contributed by atoms with Crippen molar-refractivity contribution in [2.45, 2.75) is 52.2 Å². The van der Waals surface area contributed by atoms with Gasteiger partial charge in [-0.05, 0) is 52.2 Å². The first-order chi connectivity index (χ1) is 9.62. The van der Waals surface area contributed by atoms with Crippen LogP contribution in [0.25, 0.3) is 0 Å². The molecule has 0 atom stereocenters. The van der Waals surface area contributed by atoms with Crippen LogP contribution in [-0.4, -0.2) is 29.3 Å². The number of hydrogen-bond donors (Lipinski definition) is 0. The molecule has 0 aliphatic heterocycles. The molecule has 122 valence electrons. The highest BCUT2D eigenvalue weighted by molar-refractivity contribution is 5.97. The fourth-order valence-corrected chi connectivity index (χ4v) is 1.89. The molecule has 0 saturated carbocycles. The number of aryl methyl sites for hydroxylation is 1. The molecule has 2 nitrogen and oxygen atoms in total. The summed E-state index contributed by atoms with van der Waals surface area (Å²) in [5.74, 6) is -2.89. The smallest absolute Gasteiger partial charge is 0.161 e. The fourth-order valence-electron chi connectivity index (χ4n) is 1.89. The van der Waals surface area contributed by atoms with Crippen LogP contribution in [0.1, 0.15) is 39.7 Å². The number of rotatable bonds is 5. The monoisotopic (exact) mass is 322 g/mol. The Labute approximate surface area is 128 Å². The van der Waals surface area contributed by atoms with Gasteiger partial charge in [0.15, 0.2) is 11.6 Å². The van der Waals surface area contributed by atoms with E-state index in [1.165, 1.54) is 0 Å². The lowest BCUT2D eigenvalue weighted by atomic mass is 9.98. The maximum atomic E-state index is 13.4. The van der Waals surface area contributed by atoms with Gasteiger partial charge in [0.1, 0.15) is 16.3 Å². The lowest BCUT2D eigenvalue weighted by Crippen LogP contribution is -2.28. The van der Waals surface area contributed by atoms with Crippen molar-refractivity contribution in [1.82, 2.24) is 0 Å². The Kier molecular flexibility index (Phi) is 8.85. The van der Waals surface area contributed by atoms with Gasteiger partial charge in [0, 0.05) is 13.2 Å². The lowest BCUT2D eigenvalue weighted by Gasteiger charge is -2.28. The Morgan fingerprint density at radius 1 is 1.10 bits per heavy atom. The molecule has 1 aromatic rings. The number of hydrogen-bond acceptors (Lipinski definition) is 2. The minimum absolute atomic E-state index is 0.0646.